The largest absolute Gasteiger partial charge is 0.506 e. The van der Waals surface area contributed by atoms with E-state index in [1.54, 1.807) is 16.9 Å². The molecule has 9 heteroatoms. The number of benzene rings is 2. The van der Waals surface area contributed by atoms with Crippen molar-refractivity contribution in [3.05, 3.63) is 66.5 Å². The highest BCUT2D eigenvalue weighted by Crippen LogP contribution is 2.32. The van der Waals surface area contributed by atoms with Gasteiger partial charge in [0, 0.05) is 48.4 Å². The van der Waals surface area contributed by atoms with Gasteiger partial charge in [-0.15, -0.1) is 0 Å². The van der Waals surface area contributed by atoms with Gasteiger partial charge in [-0.3, -0.25) is 9.48 Å². The molecule has 0 bridgehead atoms. The molecule has 2 N–H and O–H groups in total. The number of aromatic hydroxyl groups is 1. The summed E-state index contributed by atoms with van der Waals surface area (Å²) >= 11 is 0. The first-order valence-corrected chi connectivity index (χ1v) is 12.8. The highest BCUT2D eigenvalue weighted by molar-refractivity contribution is 6.00. The smallest absolute Gasteiger partial charge is 0.405 e. The molecule has 2 heterocycles. The molecular formula is C29H33F3N4O2. The Balaban J connectivity index is 1.40. The minimum absolute atomic E-state index is 0.00544. The van der Waals surface area contributed by atoms with Crippen LogP contribution in [0.1, 0.15) is 55.1 Å². The van der Waals surface area contributed by atoms with Gasteiger partial charge in [0.1, 0.15) is 12.3 Å². The average molecular weight is 527 g/mol. The first kappa shape index (κ1) is 27.3. The number of Topliss-reactive ketones (excluding diaryl/α,β-unsaturated/α-hetero) is 1. The van der Waals surface area contributed by atoms with E-state index in [1.165, 1.54) is 6.07 Å². The molecule has 4 rings (SSSR count). The van der Waals surface area contributed by atoms with E-state index in [0.717, 1.165) is 36.6 Å². The van der Waals surface area contributed by atoms with Crippen molar-refractivity contribution in [2.75, 3.05) is 6.54 Å². The quantitative estimate of drug-likeness (QED) is 0.199. The Hall–Kier alpha value is -3.75. The van der Waals surface area contributed by atoms with E-state index in [4.69, 9.17) is 0 Å². The van der Waals surface area contributed by atoms with Crippen LogP contribution in [-0.2, 0) is 13.6 Å². The maximum Gasteiger partial charge on any atom is 0.405 e. The predicted molar refractivity (Wildman–Crippen MR) is 144 cm³/mol. The minimum Gasteiger partial charge on any atom is -0.506 e. The molecule has 0 aliphatic heterocycles. The van der Waals surface area contributed by atoms with E-state index < -0.39 is 12.7 Å². The van der Waals surface area contributed by atoms with E-state index >= 15 is 0 Å². The Labute approximate surface area is 219 Å². The summed E-state index contributed by atoms with van der Waals surface area (Å²) in [5.41, 5.74) is 2.51. The van der Waals surface area contributed by atoms with Crippen molar-refractivity contribution < 1.29 is 23.1 Å². The molecule has 1 atom stereocenters. The monoisotopic (exact) mass is 526 g/mol. The minimum atomic E-state index is -4.39. The molecule has 4 aromatic rings. The molecule has 2 aromatic carbocycles. The van der Waals surface area contributed by atoms with Crippen molar-refractivity contribution in [2.24, 2.45) is 13.0 Å². The van der Waals surface area contributed by atoms with Crippen LogP contribution in [0.15, 0.2) is 55.2 Å². The Kier molecular flexibility index (Phi) is 8.14. The lowest BCUT2D eigenvalue weighted by atomic mass is 9.96. The predicted octanol–water partition coefficient (Wildman–Crippen LogP) is 6.83. The van der Waals surface area contributed by atoms with Crippen molar-refractivity contribution in [1.29, 1.82) is 0 Å². The Morgan fingerprint density at radius 2 is 1.95 bits per heavy atom. The standard InChI is InChI=1S/C29H33F3N4O2/c1-4-8-20(9-7-12-27(37)26-15-21-10-5-6-11-25(21)35(26)3)16-36-17-23-24(34-36)14-13-22(28(23)38)19(2)33-18-29(30,31)32/h5-6,10-11,13-15,17,20,33,38H,2,4,7-9,12,16,18H2,1,3H3. The number of alkyl halides is 3. The lowest BCUT2D eigenvalue weighted by Gasteiger charge is -2.16. The van der Waals surface area contributed by atoms with Crippen LogP contribution in [0.4, 0.5) is 13.2 Å². The van der Waals surface area contributed by atoms with Crippen LogP contribution in [0.2, 0.25) is 0 Å². The number of fused-ring (bicyclic) bond motifs is 2. The van der Waals surface area contributed by atoms with Gasteiger partial charge in [-0.05, 0) is 49.4 Å². The van der Waals surface area contributed by atoms with Crippen LogP contribution in [-0.4, -0.2) is 38.0 Å². The second-order valence-corrected chi connectivity index (χ2v) is 9.81. The zero-order valence-corrected chi connectivity index (χ0v) is 21.7. The molecule has 0 aliphatic carbocycles. The highest BCUT2D eigenvalue weighted by Gasteiger charge is 2.27. The fraction of sp³-hybridized carbons (Fsp3) is 0.379. The first-order valence-electron chi connectivity index (χ1n) is 12.8. The van der Waals surface area contributed by atoms with E-state index in [1.807, 2.05) is 41.9 Å². The number of ketones is 1. The van der Waals surface area contributed by atoms with Crippen molar-refractivity contribution >= 4 is 33.3 Å². The number of aromatic nitrogens is 3. The molecule has 2 aromatic heterocycles. The lowest BCUT2D eigenvalue weighted by molar-refractivity contribution is -0.122. The van der Waals surface area contributed by atoms with E-state index in [0.29, 0.717) is 35.5 Å². The molecule has 202 valence electrons. The Morgan fingerprint density at radius 1 is 1.18 bits per heavy atom. The van der Waals surface area contributed by atoms with Gasteiger partial charge < -0.3 is 15.0 Å². The topological polar surface area (TPSA) is 72.1 Å². The highest BCUT2D eigenvalue weighted by atomic mass is 19.4. The first-order chi connectivity index (χ1) is 18.1. The molecule has 0 saturated heterocycles. The van der Waals surface area contributed by atoms with Crippen molar-refractivity contribution in [2.45, 2.75) is 51.7 Å². The summed E-state index contributed by atoms with van der Waals surface area (Å²) in [6.07, 6.45) is 1.36. The summed E-state index contributed by atoms with van der Waals surface area (Å²) in [4.78, 5) is 12.9. The fourth-order valence-electron chi connectivity index (χ4n) is 5.00. The molecule has 0 radical (unpaired) electrons. The third-order valence-corrected chi connectivity index (χ3v) is 6.93. The van der Waals surface area contributed by atoms with Crippen LogP contribution < -0.4 is 5.32 Å². The normalized spacial score (nSPS) is 12.8. The molecule has 0 fully saturated rings. The van der Waals surface area contributed by atoms with Crippen molar-refractivity contribution in [3.63, 3.8) is 0 Å². The van der Waals surface area contributed by atoms with E-state index in [9.17, 15) is 23.1 Å². The molecule has 6 nitrogen and oxygen atoms in total. The van der Waals surface area contributed by atoms with Crippen LogP contribution in [0, 0.1) is 5.92 Å². The van der Waals surface area contributed by atoms with Crippen LogP contribution >= 0.6 is 0 Å². The number of rotatable bonds is 12. The number of aryl methyl sites for hydroxylation is 1. The molecule has 38 heavy (non-hydrogen) atoms. The molecule has 0 aliphatic rings. The van der Waals surface area contributed by atoms with E-state index in [2.05, 4.69) is 23.9 Å². The van der Waals surface area contributed by atoms with Crippen LogP contribution in [0.5, 0.6) is 5.75 Å². The second-order valence-electron chi connectivity index (χ2n) is 9.81. The van der Waals surface area contributed by atoms with Gasteiger partial charge in [0.15, 0.2) is 5.78 Å². The summed E-state index contributed by atoms with van der Waals surface area (Å²) < 4.78 is 41.4. The molecule has 0 saturated carbocycles. The number of nitrogens with zero attached hydrogens (tertiary/aromatic N) is 3. The number of halogens is 3. The Morgan fingerprint density at radius 3 is 2.66 bits per heavy atom. The summed E-state index contributed by atoms with van der Waals surface area (Å²) in [6, 6.07) is 13.1. The lowest BCUT2D eigenvalue weighted by Crippen LogP contribution is -2.27. The number of carbonyl (C=O) groups is 1. The zero-order valence-electron chi connectivity index (χ0n) is 21.7. The molecule has 0 spiro atoms. The summed E-state index contributed by atoms with van der Waals surface area (Å²) in [5, 5.41) is 19.0. The van der Waals surface area contributed by atoms with Gasteiger partial charge in [0.05, 0.1) is 16.6 Å². The van der Waals surface area contributed by atoms with Crippen molar-refractivity contribution in [1.82, 2.24) is 19.7 Å². The molecular weight excluding hydrogens is 493 g/mol. The number of para-hydroxylation sites is 1. The maximum atomic E-state index is 12.9. The summed E-state index contributed by atoms with van der Waals surface area (Å²) in [7, 11) is 1.92. The van der Waals surface area contributed by atoms with Gasteiger partial charge in [0.25, 0.3) is 0 Å². The van der Waals surface area contributed by atoms with Gasteiger partial charge >= 0.3 is 6.18 Å². The number of phenolic OH excluding ortho intramolecular Hbond substituents is 1. The van der Waals surface area contributed by atoms with Gasteiger partial charge in [-0.1, -0.05) is 38.1 Å². The van der Waals surface area contributed by atoms with Gasteiger partial charge in [-0.25, -0.2) is 0 Å². The molecule has 0 amide bonds. The number of carbonyl (C=O) groups excluding carboxylic acids is 1. The summed E-state index contributed by atoms with van der Waals surface area (Å²) in [6.45, 7) is 5.14. The number of hydrogen-bond acceptors (Lipinski definition) is 4. The summed E-state index contributed by atoms with van der Waals surface area (Å²) in [5.74, 6) is 0.265. The SMILES string of the molecule is C=C(NCC(F)(F)F)c1ccc2nn(CC(CCC)CCCC(=O)c3cc4ccccc4n3C)cc2c1O. The van der Waals surface area contributed by atoms with Crippen LogP contribution in [0.25, 0.3) is 27.5 Å². The number of nitrogens with one attached hydrogen (secondary N) is 1. The van der Waals surface area contributed by atoms with Gasteiger partial charge in [-0.2, -0.15) is 18.3 Å². The third-order valence-electron chi connectivity index (χ3n) is 6.93. The Bertz CT molecular complexity index is 1450. The molecule has 1 unspecified atom stereocenters. The third kappa shape index (κ3) is 6.20. The zero-order chi connectivity index (χ0) is 27.4. The fourth-order valence-corrected chi connectivity index (χ4v) is 5.00. The van der Waals surface area contributed by atoms with Crippen LogP contribution in [0.3, 0.4) is 0 Å². The van der Waals surface area contributed by atoms with Gasteiger partial charge in [0.2, 0.25) is 0 Å². The maximum absolute atomic E-state index is 12.9. The van der Waals surface area contributed by atoms with E-state index in [-0.39, 0.29) is 22.8 Å². The number of phenols is 1. The number of hydrogen-bond donors (Lipinski definition) is 2. The van der Waals surface area contributed by atoms with Crippen molar-refractivity contribution in [3.8, 4) is 5.75 Å². The average Bonchev–Trinajstić information content (AvgIpc) is 3.44. The second kappa shape index (κ2) is 11.3.